The highest BCUT2D eigenvalue weighted by atomic mass is 35.5. The third-order valence-corrected chi connectivity index (χ3v) is 4.17. The van der Waals surface area contributed by atoms with Crippen molar-refractivity contribution in [2.45, 2.75) is 17.8 Å². The monoisotopic (exact) mass is 237 g/mol. The van der Waals surface area contributed by atoms with Crippen molar-refractivity contribution in [3.05, 3.63) is 11.8 Å². The number of hydrogen-bond donors (Lipinski definition) is 1. The summed E-state index contributed by atoms with van der Waals surface area (Å²) < 4.78 is 24.8. The van der Waals surface area contributed by atoms with Gasteiger partial charge in [-0.1, -0.05) is 6.92 Å². The molecule has 5 nitrogen and oxygen atoms in total. The number of rotatable bonds is 4. The van der Waals surface area contributed by atoms with Crippen LogP contribution in [0.25, 0.3) is 0 Å². The second kappa shape index (κ2) is 4.29. The molecule has 0 saturated heterocycles. The van der Waals surface area contributed by atoms with Crippen molar-refractivity contribution in [2.75, 3.05) is 13.6 Å². The molecule has 0 saturated carbocycles. The number of sulfonamides is 1. The lowest BCUT2D eigenvalue weighted by molar-refractivity contribution is 0.482. The number of halogens is 1. The molecule has 0 atom stereocenters. The molecule has 0 spiro atoms. The highest BCUT2D eigenvalue weighted by molar-refractivity contribution is 7.89. The number of nitrogens with zero attached hydrogens (tertiary/aromatic N) is 2. The Morgan fingerprint density at radius 1 is 1.64 bits per heavy atom. The maximum Gasteiger partial charge on any atom is 0.260 e. The van der Waals surface area contributed by atoms with Gasteiger partial charge >= 0.3 is 0 Å². The molecule has 7 heteroatoms. The van der Waals surface area contributed by atoms with Gasteiger partial charge in [0.25, 0.3) is 10.0 Å². The Hall–Kier alpha value is -0.590. The largest absolute Gasteiger partial charge is 0.266 e. The highest BCUT2D eigenvalue weighted by Gasteiger charge is 2.24. The molecule has 0 aliphatic rings. The van der Waals surface area contributed by atoms with Gasteiger partial charge in [0.2, 0.25) is 0 Å². The second-order valence-corrected chi connectivity index (χ2v) is 5.03. The Balaban J connectivity index is 3.16. The molecular weight excluding hydrogens is 226 g/mol. The maximum atomic E-state index is 11.8. The Kier molecular flexibility index (Phi) is 3.52. The molecule has 0 aliphatic carbocycles. The van der Waals surface area contributed by atoms with Gasteiger partial charge in [0.05, 0.1) is 12.1 Å². The molecule has 0 radical (unpaired) electrons. The van der Waals surface area contributed by atoms with Crippen LogP contribution in [0.1, 0.15) is 12.5 Å². The van der Waals surface area contributed by atoms with Crippen molar-refractivity contribution in [1.29, 1.82) is 0 Å². The molecule has 0 aromatic carbocycles. The predicted octanol–water partition coefficient (Wildman–Crippen LogP) is 0.789. The van der Waals surface area contributed by atoms with E-state index < -0.39 is 10.0 Å². The molecule has 1 heterocycles. The summed E-state index contributed by atoms with van der Waals surface area (Å²) in [6, 6.07) is 0. The van der Waals surface area contributed by atoms with Gasteiger partial charge in [-0.05, 0) is 0 Å². The number of H-pyrrole nitrogens is 1. The van der Waals surface area contributed by atoms with Crippen LogP contribution < -0.4 is 0 Å². The fourth-order valence-corrected chi connectivity index (χ4v) is 2.50. The van der Waals surface area contributed by atoms with E-state index in [1.807, 2.05) is 0 Å². The van der Waals surface area contributed by atoms with Gasteiger partial charge < -0.3 is 0 Å². The summed E-state index contributed by atoms with van der Waals surface area (Å²) in [7, 11) is -1.95. The smallest absolute Gasteiger partial charge is 0.260 e. The van der Waals surface area contributed by atoms with Crippen molar-refractivity contribution in [3.8, 4) is 0 Å². The van der Waals surface area contributed by atoms with Crippen LogP contribution in [0.4, 0.5) is 0 Å². The molecule has 1 N–H and O–H groups in total. The van der Waals surface area contributed by atoms with Crippen molar-refractivity contribution in [1.82, 2.24) is 14.5 Å². The van der Waals surface area contributed by atoms with E-state index in [9.17, 15) is 8.42 Å². The molecular formula is C7H12ClN3O2S. The first-order valence-corrected chi connectivity index (χ1v) is 6.06. The molecule has 0 aliphatic heterocycles. The minimum atomic E-state index is -3.46. The summed E-state index contributed by atoms with van der Waals surface area (Å²) in [6.07, 6.45) is 1.42. The lowest BCUT2D eigenvalue weighted by atomic mass is 10.4. The lowest BCUT2D eigenvalue weighted by Gasteiger charge is -2.13. The van der Waals surface area contributed by atoms with Crippen LogP contribution >= 0.6 is 11.6 Å². The molecule has 1 aromatic rings. The van der Waals surface area contributed by atoms with Crippen LogP contribution in [0.15, 0.2) is 11.2 Å². The molecule has 0 amide bonds. The first-order valence-electron chi connectivity index (χ1n) is 4.08. The number of hydrogen-bond acceptors (Lipinski definition) is 3. The molecule has 14 heavy (non-hydrogen) atoms. The van der Waals surface area contributed by atoms with Crippen molar-refractivity contribution in [3.63, 3.8) is 0 Å². The molecule has 0 bridgehead atoms. The average molecular weight is 238 g/mol. The SMILES string of the molecule is CCN(C)S(=O)(=O)c1[nH]ncc1CCl. The van der Waals surface area contributed by atoms with Gasteiger partial charge in [0, 0.05) is 19.2 Å². The van der Waals surface area contributed by atoms with Crippen molar-refractivity contribution < 1.29 is 8.42 Å². The second-order valence-electron chi connectivity index (χ2n) is 2.78. The third kappa shape index (κ3) is 1.92. The summed E-state index contributed by atoms with van der Waals surface area (Å²) >= 11 is 5.58. The minimum absolute atomic E-state index is 0.0804. The van der Waals surface area contributed by atoms with Gasteiger partial charge in [-0.25, -0.2) is 8.42 Å². The Morgan fingerprint density at radius 3 is 2.79 bits per heavy atom. The van der Waals surface area contributed by atoms with Crippen LogP contribution in [-0.2, 0) is 15.9 Å². The van der Waals surface area contributed by atoms with E-state index in [2.05, 4.69) is 10.2 Å². The topological polar surface area (TPSA) is 66.1 Å². The third-order valence-electron chi connectivity index (χ3n) is 1.94. The van der Waals surface area contributed by atoms with Crippen LogP contribution in [0, 0.1) is 0 Å². The van der Waals surface area contributed by atoms with Gasteiger partial charge in [0.1, 0.15) is 0 Å². The van der Waals surface area contributed by atoms with E-state index in [1.165, 1.54) is 17.5 Å². The zero-order valence-corrected chi connectivity index (χ0v) is 9.56. The summed E-state index contributed by atoms with van der Waals surface area (Å²) in [5.74, 6) is 0.128. The summed E-state index contributed by atoms with van der Waals surface area (Å²) in [4.78, 5) is 0. The Morgan fingerprint density at radius 2 is 2.29 bits per heavy atom. The molecule has 0 unspecified atom stereocenters. The van der Waals surface area contributed by atoms with Gasteiger partial charge in [-0.15, -0.1) is 11.6 Å². The normalized spacial score (nSPS) is 12.3. The minimum Gasteiger partial charge on any atom is -0.266 e. The van der Waals surface area contributed by atoms with E-state index in [4.69, 9.17) is 11.6 Å². The van der Waals surface area contributed by atoms with E-state index in [-0.39, 0.29) is 10.9 Å². The zero-order valence-electron chi connectivity index (χ0n) is 7.99. The van der Waals surface area contributed by atoms with E-state index in [0.717, 1.165) is 0 Å². The summed E-state index contributed by atoms with van der Waals surface area (Å²) in [5.41, 5.74) is 0.493. The highest BCUT2D eigenvalue weighted by Crippen LogP contribution is 2.17. The summed E-state index contributed by atoms with van der Waals surface area (Å²) in [5, 5.41) is 6.19. The predicted molar refractivity (Wildman–Crippen MR) is 53.6 cm³/mol. The van der Waals surface area contributed by atoms with Crippen LogP contribution in [-0.4, -0.2) is 36.5 Å². The first-order chi connectivity index (χ1) is 6.54. The van der Waals surface area contributed by atoms with Crippen molar-refractivity contribution >= 4 is 21.6 Å². The zero-order chi connectivity index (χ0) is 10.8. The summed E-state index contributed by atoms with van der Waals surface area (Å²) in [6.45, 7) is 2.16. The Labute approximate surface area is 88.1 Å². The van der Waals surface area contributed by atoms with Crippen molar-refractivity contribution in [2.24, 2.45) is 0 Å². The Bertz CT molecular complexity index is 401. The van der Waals surface area contributed by atoms with E-state index in [1.54, 1.807) is 6.92 Å². The quantitative estimate of drug-likeness (QED) is 0.788. The first kappa shape index (κ1) is 11.5. The van der Waals surface area contributed by atoms with Crippen LogP contribution in [0.5, 0.6) is 0 Å². The number of aromatic nitrogens is 2. The standard InChI is InChI=1S/C7H12ClN3O2S/c1-3-11(2)14(12,13)7-6(4-8)5-9-10-7/h5H,3-4H2,1-2H3,(H,9,10). The fraction of sp³-hybridized carbons (Fsp3) is 0.571. The van der Waals surface area contributed by atoms with Gasteiger partial charge in [-0.2, -0.15) is 9.40 Å². The number of nitrogens with one attached hydrogen (secondary N) is 1. The van der Waals surface area contributed by atoms with E-state index in [0.29, 0.717) is 12.1 Å². The molecule has 80 valence electrons. The lowest BCUT2D eigenvalue weighted by Crippen LogP contribution is -2.27. The number of aromatic amines is 1. The van der Waals surface area contributed by atoms with Crippen LogP contribution in [0.2, 0.25) is 0 Å². The van der Waals surface area contributed by atoms with Gasteiger partial charge in [0.15, 0.2) is 5.03 Å². The van der Waals surface area contributed by atoms with Gasteiger partial charge in [-0.3, -0.25) is 5.10 Å². The fourth-order valence-electron chi connectivity index (χ4n) is 0.944. The number of alkyl halides is 1. The average Bonchev–Trinajstić information content (AvgIpc) is 2.64. The molecule has 1 rings (SSSR count). The van der Waals surface area contributed by atoms with Crippen LogP contribution in [0.3, 0.4) is 0 Å². The van der Waals surface area contributed by atoms with E-state index >= 15 is 0 Å². The molecule has 0 fully saturated rings. The molecule has 1 aromatic heterocycles. The maximum absolute atomic E-state index is 11.8.